The van der Waals surface area contributed by atoms with Crippen LogP contribution < -0.4 is 10.2 Å². The van der Waals surface area contributed by atoms with Gasteiger partial charge in [0.05, 0.1) is 0 Å². The topological polar surface area (TPSA) is 71.3 Å². The van der Waals surface area contributed by atoms with Gasteiger partial charge in [0.1, 0.15) is 0 Å². The summed E-state index contributed by atoms with van der Waals surface area (Å²) >= 11 is 0. The van der Waals surface area contributed by atoms with Crippen LogP contribution in [-0.2, 0) is 0 Å². The third-order valence-corrected chi connectivity index (χ3v) is 3.31. The lowest BCUT2D eigenvalue weighted by Gasteiger charge is -2.22. The van der Waals surface area contributed by atoms with E-state index in [1.807, 2.05) is 19.1 Å². The van der Waals surface area contributed by atoms with Crippen molar-refractivity contribution < 1.29 is 9.21 Å². The van der Waals surface area contributed by atoms with Gasteiger partial charge >= 0.3 is 11.8 Å². The average molecular weight is 288 g/mol. The van der Waals surface area contributed by atoms with Gasteiger partial charge in [-0.1, -0.05) is 0 Å². The van der Waals surface area contributed by atoms with Crippen LogP contribution in [0.5, 0.6) is 0 Å². The molecule has 1 heterocycles. The number of aromatic nitrogens is 2. The molecule has 0 saturated carbocycles. The van der Waals surface area contributed by atoms with Crippen molar-refractivity contribution in [3.63, 3.8) is 0 Å². The Kier molecular flexibility index (Phi) is 4.57. The smallest absolute Gasteiger partial charge is 0.313 e. The molecule has 2 rings (SSSR count). The number of anilines is 2. The van der Waals surface area contributed by atoms with E-state index in [0.717, 1.165) is 30.0 Å². The molecular weight excluding hydrogens is 268 g/mol. The quantitative estimate of drug-likeness (QED) is 0.916. The fourth-order valence-electron chi connectivity index (χ4n) is 2.14. The molecule has 0 fully saturated rings. The second kappa shape index (κ2) is 6.39. The zero-order valence-electron chi connectivity index (χ0n) is 12.8. The first-order valence-corrected chi connectivity index (χ1v) is 7.02. The molecule has 0 bridgehead atoms. The van der Waals surface area contributed by atoms with Crippen molar-refractivity contribution in [1.29, 1.82) is 0 Å². The first kappa shape index (κ1) is 15.0. The van der Waals surface area contributed by atoms with E-state index in [4.69, 9.17) is 4.42 Å². The summed E-state index contributed by atoms with van der Waals surface area (Å²) in [5, 5.41) is 10.1. The molecule has 0 unspecified atom stereocenters. The van der Waals surface area contributed by atoms with Crippen LogP contribution in [0.4, 0.5) is 11.4 Å². The Morgan fingerprint density at radius 2 is 1.95 bits per heavy atom. The fraction of sp³-hybridized carbons (Fsp3) is 0.400. The minimum absolute atomic E-state index is 0.0280. The number of hydrogen-bond acceptors (Lipinski definition) is 5. The fourth-order valence-corrected chi connectivity index (χ4v) is 2.14. The standard InChI is InChI=1S/C15H20N4O2/c1-5-19(6-2)12-7-8-13(10(3)9-12)16-14(20)15-18-17-11(4)21-15/h7-9H,5-6H2,1-4H3,(H,16,20). The van der Waals surface area contributed by atoms with Gasteiger partial charge in [-0.25, -0.2) is 0 Å². The van der Waals surface area contributed by atoms with Crippen molar-refractivity contribution in [2.75, 3.05) is 23.3 Å². The second-order valence-corrected chi connectivity index (χ2v) is 4.75. The Balaban J connectivity index is 2.16. The zero-order chi connectivity index (χ0) is 15.4. The number of aryl methyl sites for hydroxylation is 2. The molecule has 1 aromatic heterocycles. The molecule has 0 aliphatic rings. The van der Waals surface area contributed by atoms with E-state index in [1.54, 1.807) is 6.92 Å². The maximum Gasteiger partial charge on any atom is 0.313 e. The molecule has 21 heavy (non-hydrogen) atoms. The summed E-state index contributed by atoms with van der Waals surface area (Å²) in [6, 6.07) is 5.94. The molecule has 1 amide bonds. The lowest BCUT2D eigenvalue weighted by molar-refractivity contribution is 0.0989. The van der Waals surface area contributed by atoms with Gasteiger partial charge in [0.2, 0.25) is 5.89 Å². The number of carbonyl (C=O) groups excluding carboxylic acids is 1. The molecule has 0 aliphatic heterocycles. The highest BCUT2D eigenvalue weighted by molar-refractivity contribution is 6.01. The van der Waals surface area contributed by atoms with Crippen LogP contribution in [0.2, 0.25) is 0 Å². The van der Waals surface area contributed by atoms with Crippen LogP contribution in [-0.4, -0.2) is 29.2 Å². The summed E-state index contributed by atoms with van der Waals surface area (Å²) in [4.78, 5) is 14.2. The van der Waals surface area contributed by atoms with Crippen LogP contribution in [0.3, 0.4) is 0 Å². The summed E-state index contributed by atoms with van der Waals surface area (Å²) in [6.07, 6.45) is 0. The summed E-state index contributed by atoms with van der Waals surface area (Å²) in [7, 11) is 0. The normalized spacial score (nSPS) is 10.5. The van der Waals surface area contributed by atoms with E-state index in [9.17, 15) is 4.79 Å². The first-order valence-electron chi connectivity index (χ1n) is 7.02. The average Bonchev–Trinajstić information content (AvgIpc) is 2.90. The van der Waals surface area contributed by atoms with Crippen LogP contribution >= 0.6 is 0 Å². The number of benzene rings is 1. The van der Waals surface area contributed by atoms with Crippen LogP contribution in [0.25, 0.3) is 0 Å². The molecule has 2 aromatic rings. The number of carbonyl (C=O) groups is 1. The molecule has 0 saturated heterocycles. The Bertz CT molecular complexity index is 632. The zero-order valence-corrected chi connectivity index (χ0v) is 12.8. The minimum atomic E-state index is -0.394. The predicted molar refractivity (Wildman–Crippen MR) is 81.7 cm³/mol. The maximum atomic E-state index is 12.0. The molecule has 0 aliphatic carbocycles. The van der Waals surface area contributed by atoms with Crippen LogP contribution in [0, 0.1) is 13.8 Å². The predicted octanol–water partition coefficient (Wildman–Crippen LogP) is 2.78. The Morgan fingerprint density at radius 3 is 2.48 bits per heavy atom. The summed E-state index contributed by atoms with van der Waals surface area (Å²) in [5.41, 5.74) is 2.87. The molecule has 1 N–H and O–H groups in total. The van der Waals surface area contributed by atoms with Crippen molar-refractivity contribution in [2.24, 2.45) is 0 Å². The summed E-state index contributed by atoms with van der Waals surface area (Å²) in [5.74, 6) is -0.0530. The Labute approximate surface area is 124 Å². The molecule has 0 radical (unpaired) electrons. The second-order valence-electron chi connectivity index (χ2n) is 4.75. The van der Waals surface area contributed by atoms with Crippen molar-refractivity contribution in [3.8, 4) is 0 Å². The minimum Gasteiger partial charge on any atom is -0.417 e. The maximum absolute atomic E-state index is 12.0. The third kappa shape index (κ3) is 3.39. The first-order chi connectivity index (χ1) is 10.0. The van der Waals surface area contributed by atoms with Gasteiger partial charge in [0.25, 0.3) is 0 Å². The number of amides is 1. The van der Waals surface area contributed by atoms with Crippen LogP contribution in [0.1, 0.15) is 36.0 Å². The number of nitrogens with zero attached hydrogens (tertiary/aromatic N) is 3. The van der Waals surface area contributed by atoms with E-state index in [2.05, 4.69) is 40.3 Å². The van der Waals surface area contributed by atoms with E-state index in [1.165, 1.54) is 0 Å². The van der Waals surface area contributed by atoms with Crippen LogP contribution in [0.15, 0.2) is 22.6 Å². The molecular formula is C15H20N4O2. The van der Waals surface area contributed by atoms with E-state index < -0.39 is 5.91 Å². The molecule has 1 aromatic carbocycles. The van der Waals surface area contributed by atoms with Gasteiger partial charge in [-0.3, -0.25) is 4.79 Å². The Morgan fingerprint density at radius 1 is 1.24 bits per heavy atom. The van der Waals surface area contributed by atoms with Gasteiger partial charge in [0, 0.05) is 31.4 Å². The molecule has 0 spiro atoms. The summed E-state index contributed by atoms with van der Waals surface area (Å²) in [6.45, 7) is 9.74. The van der Waals surface area contributed by atoms with Gasteiger partial charge in [-0.05, 0) is 44.5 Å². The Hall–Kier alpha value is -2.37. The lowest BCUT2D eigenvalue weighted by atomic mass is 10.1. The van der Waals surface area contributed by atoms with E-state index in [0.29, 0.717) is 5.89 Å². The number of nitrogens with one attached hydrogen (secondary N) is 1. The number of rotatable bonds is 5. The largest absolute Gasteiger partial charge is 0.417 e. The van der Waals surface area contributed by atoms with Gasteiger partial charge in [-0.15, -0.1) is 10.2 Å². The third-order valence-electron chi connectivity index (χ3n) is 3.31. The van der Waals surface area contributed by atoms with Gasteiger partial charge < -0.3 is 14.6 Å². The van der Waals surface area contributed by atoms with Gasteiger partial charge in [0.15, 0.2) is 0 Å². The van der Waals surface area contributed by atoms with Crippen molar-refractivity contribution in [3.05, 3.63) is 35.5 Å². The van der Waals surface area contributed by atoms with Crippen molar-refractivity contribution >= 4 is 17.3 Å². The molecule has 0 atom stereocenters. The van der Waals surface area contributed by atoms with Crippen molar-refractivity contribution in [2.45, 2.75) is 27.7 Å². The van der Waals surface area contributed by atoms with E-state index >= 15 is 0 Å². The SMILES string of the molecule is CCN(CC)c1ccc(NC(=O)c2nnc(C)o2)c(C)c1. The van der Waals surface area contributed by atoms with Gasteiger partial charge in [-0.2, -0.15) is 0 Å². The van der Waals surface area contributed by atoms with E-state index in [-0.39, 0.29) is 5.89 Å². The highest BCUT2D eigenvalue weighted by atomic mass is 16.4. The molecule has 6 heteroatoms. The number of hydrogen-bond donors (Lipinski definition) is 1. The molecule has 112 valence electrons. The molecule has 6 nitrogen and oxygen atoms in total. The monoisotopic (exact) mass is 288 g/mol. The summed E-state index contributed by atoms with van der Waals surface area (Å²) < 4.78 is 5.11. The van der Waals surface area contributed by atoms with Crippen molar-refractivity contribution in [1.82, 2.24) is 10.2 Å². The lowest BCUT2D eigenvalue weighted by Crippen LogP contribution is -2.22. The highest BCUT2D eigenvalue weighted by Crippen LogP contribution is 2.23. The highest BCUT2D eigenvalue weighted by Gasteiger charge is 2.14.